The molecule has 3 nitrogen and oxygen atoms in total. The molecular weight excluding hydrogens is 196 g/mol. The Morgan fingerprint density at radius 2 is 2.07 bits per heavy atom. The van der Waals surface area contributed by atoms with Crippen LogP contribution in [0, 0.1) is 0 Å². The highest BCUT2D eigenvalue weighted by Crippen LogP contribution is 2.26. The first kappa shape index (κ1) is 9.27. The van der Waals surface area contributed by atoms with Crippen LogP contribution in [0.1, 0.15) is 11.6 Å². The van der Waals surface area contributed by atoms with Crippen molar-refractivity contribution in [1.29, 1.82) is 0 Å². The van der Waals surface area contributed by atoms with Gasteiger partial charge in [0.05, 0.1) is 0 Å². The molecule has 2 rings (SSSR count). The summed E-state index contributed by atoms with van der Waals surface area (Å²) in [5.41, 5.74) is 0.949. The molecule has 1 aromatic rings. The molecule has 1 aliphatic rings. The number of aliphatic imine (C=N–C) groups is 1. The Bertz CT molecular complexity index is 364. The van der Waals surface area contributed by atoms with Crippen molar-refractivity contribution >= 4 is 24.2 Å². The third-order valence-electron chi connectivity index (χ3n) is 2.08. The zero-order valence-electron chi connectivity index (χ0n) is 7.75. The lowest BCUT2D eigenvalue weighted by atomic mass is 10.1. The average Bonchev–Trinajstić information content (AvgIpc) is 2.61. The molecule has 4 heteroatoms. The van der Waals surface area contributed by atoms with E-state index in [1.165, 1.54) is 11.9 Å². The van der Waals surface area contributed by atoms with E-state index in [4.69, 9.17) is 0 Å². The zero-order valence-corrected chi connectivity index (χ0v) is 8.57. The second kappa shape index (κ2) is 3.84. The highest BCUT2D eigenvalue weighted by Gasteiger charge is 2.28. The normalized spacial score (nSPS) is 20.5. The quantitative estimate of drug-likeness (QED) is 0.692. The first-order valence-electron chi connectivity index (χ1n) is 4.28. The lowest BCUT2D eigenvalue weighted by molar-refractivity contribution is -0.123. The van der Waals surface area contributed by atoms with Crippen molar-refractivity contribution in [3.63, 3.8) is 0 Å². The minimum atomic E-state index is -0.344. The lowest BCUT2D eigenvalue weighted by Crippen LogP contribution is -2.20. The fraction of sp³-hybridized carbons (Fsp3) is 0.200. The molecule has 0 saturated heterocycles. The number of rotatable bonds is 2. The van der Waals surface area contributed by atoms with Crippen molar-refractivity contribution in [2.45, 2.75) is 6.04 Å². The number of benzene rings is 1. The summed E-state index contributed by atoms with van der Waals surface area (Å²) in [5, 5.41) is 0. The van der Waals surface area contributed by atoms with Crippen LogP contribution in [-0.2, 0) is 4.79 Å². The van der Waals surface area contributed by atoms with E-state index in [-0.39, 0.29) is 11.9 Å². The first-order valence-corrected chi connectivity index (χ1v) is 5.46. The van der Waals surface area contributed by atoms with Gasteiger partial charge in [0.2, 0.25) is 0 Å². The fourth-order valence-corrected chi connectivity index (χ4v) is 1.80. The van der Waals surface area contributed by atoms with Gasteiger partial charge >= 0.3 is 0 Å². The maximum atomic E-state index is 11.7. The molecule has 0 aromatic heterocycles. The van der Waals surface area contributed by atoms with Crippen LogP contribution in [0.3, 0.4) is 0 Å². The van der Waals surface area contributed by atoms with E-state index in [2.05, 4.69) is 4.99 Å². The van der Waals surface area contributed by atoms with Crippen molar-refractivity contribution in [3.05, 3.63) is 35.9 Å². The van der Waals surface area contributed by atoms with Gasteiger partial charge in [-0.25, -0.2) is 4.31 Å². The number of hydrogen-bond donors (Lipinski definition) is 0. The van der Waals surface area contributed by atoms with E-state index in [1.807, 2.05) is 36.6 Å². The van der Waals surface area contributed by atoms with E-state index in [9.17, 15) is 4.79 Å². The monoisotopic (exact) mass is 206 g/mol. The van der Waals surface area contributed by atoms with E-state index >= 15 is 0 Å². The molecule has 1 heterocycles. The number of carbonyl (C=O) groups is 1. The Balaban J connectivity index is 2.23. The smallest absolute Gasteiger partial charge is 0.267 e. The Hall–Kier alpha value is -1.29. The van der Waals surface area contributed by atoms with Gasteiger partial charge < -0.3 is 0 Å². The standard InChI is InChI=1S/C10H10N2OS/c1-14-12-7-11-9(10(12)13)8-5-3-2-4-6-8/h2-7,9H,1H3. The summed E-state index contributed by atoms with van der Waals surface area (Å²) in [4.78, 5) is 15.9. The van der Waals surface area contributed by atoms with Crippen LogP contribution >= 0.6 is 11.9 Å². The van der Waals surface area contributed by atoms with Crippen molar-refractivity contribution in [3.8, 4) is 0 Å². The van der Waals surface area contributed by atoms with Gasteiger partial charge in [-0.15, -0.1) is 0 Å². The molecule has 0 N–H and O–H groups in total. The molecule has 0 aliphatic carbocycles. The fourth-order valence-electron chi connectivity index (χ4n) is 1.37. The predicted molar refractivity (Wildman–Crippen MR) is 58.0 cm³/mol. The summed E-state index contributed by atoms with van der Waals surface area (Å²) in [6.07, 6.45) is 3.45. The summed E-state index contributed by atoms with van der Waals surface area (Å²) in [6, 6.07) is 9.26. The first-order chi connectivity index (χ1) is 6.83. The van der Waals surface area contributed by atoms with Crippen LogP contribution in [0.2, 0.25) is 0 Å². The van der Waals surface area contributed by atoms with Gasteiger partial charge in [-0.1, -0.05) is 30.3 Å². The zero-order chi connectivity index (χ0) is 9.97. The summed E-state index contributed by atoms with van der Waals surface area (Å²) < 4.78 is 1.55. The number of amides is 1. The number of nitrogens with zero attached hydrogens (tertiary/aromatic N) is 2. The highest BCUT2D eigenvalue weighted by molar-refractivity contribution is 7.97. The molecule has 1 unspecified atom stereocenters. The Kier molecular flexibility index (Phi) is 2.54. The summed E-state index contributed by atoms with van der Waals surface area (Å²) >= 11 is 1.37. The molecule has 0 saturated carbocycles. The van der Waals surface area contributed by atoms with Crippen LogP contribution in [-0.4, -0.2) is 22.8 Å². The summed E-state index contributed by atoms with van der Waals surface area (Å²) in [5.74, 6) is 0.0312. The molecule has 1 atom stereocenters. The van der Waals surface area contributed by atoms with Crippen molar-refractivity contribution in [1.82, 2.24) is 4.31 Å². The second-order valence-corrected chi connectivity index (χ2v) is 3.68. The molecule has 1 aromatic carbocycles. The van der Waals surface area contributed by atoms with E-state index in [1.54, 1.807) is 10.6 Å². The minimum absolute atomic E-state index is 0.0312. The van der Waals surface area contributed by atoms with Crippen molar-refractivity contribution in [2.24, 2.45) is 4.99 Å². The minimum Gasteiger partial charge on any atom is -0.271 e. The molecule has 0 spiro atoms. The molecule has 1 aliphatic heterocycles. The molecule has 14 heavy (non-hydrogen) atoms. The number of carbonyl (C=O) groups excluding carboxylic acids is 1. The molecule has 1 amide bonds. The molecule has 0 fully saturated rings. The SMILES string of the molecule is CSN1C=NC(c2ccccc2)C1=O. The molecule has 0 bridgehead atoms. The van der Waals surface area contributed by atoms with Crippen LogP contribution in [0.15, 0.2) is 35.3 Å². The van der Waals surface area contributed by atoms with Crippen LogP contribution < -0.4 is 0 Å². The second-order valence-electron chi connectivity index (χ2n) is 2.92. The Morgan fingerprint density at radius 3 is 2.64 bits per heavy atom. The van der Waals surface area contributed by atoms with Crippen LogP contribution in [0.25, 0.3) is 0 Å². The third-order valence-corrected chi connectivity index (χ3v) is 2.75. The van der Waals surface area contributed by atoms with Gasteiger partial charge in [0.1, 0.15) is 6.34 Å². The van der Waals surface area contributed by atoms with E-state index in [0.717, 1.165) is 5.56 Å². The van der Waals surface area contributed by atoms with Gasteiger partial charge in [-0.3, -0.25) is 9.79 Å². The topological polar surface area (TPSA) is 32.7 Å². The van der Waals surface area contributed by atoms with Gasteiger partial charge in [-0.2, -0.15) is 0 Å². The van der Waals surface area contributed by atoms with Crippen molar-refractivity contribution in [2.75, 3.05) is 6.26 Å². The highest BCUT2D eigenvalue weighted by atomic mass is 32.2. The summed E-state index contributed by atoms with van der Waals surface area (Å²) in [6.45, 7) is 0. The van der Waals surface area contributed by atoms with E-state index in [0.29, 0.717) is 0 Å². The maximum absolute atomic E-state index is 11.7. The van der Waals surface area contributed by atoms with Gasteiger partial charge in [0.25, 0.3) is 5.91 Å². The molecular formula is C10H10N2OS. The van der Waals surface area contributed by atoms with Gasteiger partial charge in [0.15, 0.2) is 6.04 Å². The largest absolute Gasteiger partial charge is 0.271 e. The molecule has 72 valence electrons. The Morgan fingerprint density at radius 1 is 1.36 bits per heavy atom. The lowest BCUT2D eigenvalue weighted by Gasteiger charge is -2.10. The predicted octanol–water partition coefficient (Wildman–Crippen LogP) is 1.88. The third kappa shape index (κ3) is 1.53. The summed E-state index contributed by atoms with van der Waals surface area (Å²) in [7, 11) is 0. The molecule has 0 radical (unpaired) electrons. The number of hydrogen-bond acceptors (Lipinski definition) is 3. The average molecular weight is 206 g/mol. The van der Waals surface area contributed by atoms with Crippen LogP contribution in [0.4, 0.5) is 0 Å². The van der Waals surface area contributed by atoms with E-state index < -0.39 is 0 Å². The Labute approximate surface area is 87.0 Å². The van der Waals surface area contributed by atoms with Crippen molar-refractivity contribution < 1.29 is 4.79 Å². The van der Waals surface area contributed by atoms with Crippen LogP contribution in [0.5, 0.6) is 0 Å². The van der Waals surface area contributed by atoms with Gasteiger partial charge in [0, 0.05) is 6.26 Å². The van der Waals surface area contributed by atoms with Gasteiger partial charge in [-0.05, 0) is 17.5 Å². The maximum Gasteiger partial charge on any atom is 0.267 e.